The molecule has 0 radical (unpaired) electrons. The molecule has 0 aliphatic carbocycles. The molecule has 2 nitrogen and oxygen atoms in total. The summed E-state index contributed by atoms with van der Waals surface area (Å²) in [6.45, 7) is 2.05. The standard InChI is InChI=1S/C16H13NOS/c1-11-7-9-12(10-8-11)14-15(18)17-16(19-14)13-5-3-2-4-6-13/h2-10,18H,1H3. The van der Waals surface area contributed by atoms with Gasteiger partial charge in [-0.25, -0.2) is 4.98 Å². The lowest BCUT2D eigenvalue weighted by Gasteiger charge is -1.98. The molecule has 0 aliphatic heterocycles. The quantitative estimate of drug-likeness (QED) is 0.742. The van der Waals surface area contributed by atoms with Crippen LogP contribution in [-0.2, 0) is 0 Å². The van der Waals surface area contributed by atoms with Crippen LogP contribution in [0, 0.1) is 6.92 Å². The lowest BCUT2D eigenvalue weighted by Crippen LogP contribution is -1.75. The lowest BCUT2D eigenvalue weighted by atomic mass is 10.1. The SMILES string of the molecule is Cc1ccc(-c2sc(-c3ccccc3)nc2O)cc1. The Kier molecular flexibility index (Phi) is 3.05. The van der Waals surface area contributed by atoms with Crippen molar-refractivity contribution in [3.63, 3.8) is 0 Å². The minimum absolute atomic E-state index is 0.104. The number of nitrogens with zero attached hydrogens (tertiary/aromatic N) is 1. The Morgan fingerprint density at radius 1 is 0.895 bits per heavy atom. The Bertz CT molecular complexity index is 687. The van der Waals surface area contributed by atoms with Gasteiger partial charge in [-0.2, -0.15) is 0 Å². The van der Waals surface area contributed by atoms with Crippen molar-refractivity contribution in [2.75, 3.05) is 0 Å². The van der Waals surface area contributed by atoms with E-state index in [0.29, 0.717) is 0 Å². The smallest absolute Gasteiger partial charge is 0.230 e. The van der Waals surface area contributed by atoms with E-state index in [1.807, 2.05) is 61.5 Å². The number of hydrogen-bond donors (Lipinski definition) is 1. The molecule has 3 heteroatoms. The number of aryl methyl sites for hydroxylation is 1. The number of thiazole rings is 1. The number of aromatic nitrogens is 1. The third kappa shape index (κ3) is 2.37. The zero-order valence-electron chi connectivity index (χ0n) is 10.5. The molecule has 0 amide bonds. The minimum Gasteiger partial charge on any atom is -0.492 e. The average Bonchev–Trinajstić information content (AvgIpc) is 2.83. The summed E-state index contributed by atoms with van der Waals surface area (Å²) in [5.74, 6) is 0.104. The van der Waals surface area contributed by atoms with Crippen molar-refractivity contribution in [2.24, 2.45) is 0 Å². The summed E-state index contributed by atoms with van der Waals surface area (Å²) in [4.78, 5) is 5.07. The van der Waals surface area contributed by atoms with Crippen molar-refractivity contribution in [1.82, 2.24) is 4.98 Å². The van der Waals surface area contributed by atoms with Gasteiger partial charge in [0, 0.05) is 5.56 Å². The first-order valence-electron chi connectivity index (χ1n) is 6.06. The Balaban J connectivity index is 2.05. The third-order valence-corrected chi connectivity index (χ3v) is 4.09. The second-order valence-corrected chi connectivity index (χ2v) is 5.40. The summed E-state index contributed by atoms with van der Waals surface area (Å²) in [5.41, 5.74) is 3.24. The van der Waals surface area contributed by atoms with Crippen LogP contribution >= 0.6 is 11.3 Å². The maximum Gasteiger partial charge on any atom is 0.230 e. The summed E-state index contributed by atoms with van der Waals surface area (Å²) < 4.78 is 0. The van der Waals surface area contributed by atoms with Crippen LogP contribution in [0.3, 0.4) is 0 Å². The molecule has 0 unspecified atom stereocenters. The first-order chi connectivity index (χ1) is 9.24. The van der Waals surface area contributed by atoms with Gasteiger partial charge in [-0.15, -0.1) is 11.3 Å². The molecule has 0 aliphatic rings. The van der Waals surface area contributed by atoms with E-state index >= 15 is 0 Å². The Morgan fingerprint density at radius 3 is 2.26 bits per heavy atom. The van der Waals surface area contributed by atoms with E-state index in [0.717, 1.165) is 21.0 Å². The van der Waals surface area contributed by atoms with Crippen molar-refractivity contribution < 1.29 is 5.11 Å². The molecule has 94 valence electrons. The third-order valence-electron chi connectivity index (χ3n) is 2.94. The van der Waals surface area contributed by atoms with E-state index < -0.39 is 0 Å². The molecule has 1 N–H and O–H groups in total. The van der Waals surface area contributed by atoms with Crippen molar-refractivity contribution in [3.8, 4) is 26.9 Å². The van der Waals surface area contributed by atoms with Gasteiger partial charge in [-0.05, 0) is 12.5 Å². The molecule has 0 spiro atoms. The van der Waals surface area contributed by atoms with Crippen molar-refractivity contribution in [2.45, 2.75) is 6.92 Å². The number of hydrogen-bond acceptors (Lipinski definition) is 3. The predicted molar refractivity (Wildman–Crippen MR) is 79.4 cm³/mol. The van der Waals surface area contributed by atoms with Crippen LogP contribution in [0.25, 0.3) is 21.0 Å². The first-order valence-corrected chi connectivity index (χ1v) is 6.88. The normalized spacial score (nSPS) is 10.6. The average molecular weight is 267 g/mol. The molecule has 3 aromatic rings. The molecule has 1 aromatic heterocycles. The predicted octanol–water partition coefficient (Wildman–Crippen LogP) is 4.49. The van der Waals surface area contributed by atoms with Gasteiger partial charge in [0.2, 0.25) is 5.88 Å². The summed E-state index contributed by atoms with van der Waals surface area (Å²) >= 11 is 1.51. The Hall–Kier alpha value is -2.13. The van der Waals surface area contributed by atoms with Gasteiger partial charge in [0.15, 0.2) is 0 Å². The molecular formula is C16H13NOS. The second kappa shape index (κ2) is 4.86. The van der Waals surface area contributed by atoms with Crippen molar-refractivity contribution in [3.05, 3.63) is 60.2 Å². The van der Waals surface area contributed by atoms with Crippen LogP contribution in [0.5, 0.6) is 5.88 Å². The summed E-state index contributed by atoms with van der Waals surface area (Å²) in [6.07, 6.45) is 0. The fourth-order valence-electron chi connectivity index (χ4n) is 1.91. The topological polar surface area (TPSA) is 33.1 Å². The van der Waals surface area contributed by atoms with Gasteiger partial charge in [0.1, 0.15) is 5.01 Å². The molecule has 0 saturated carbocycles. The van der Waals surface area contributed by atoms with E-state index in [1.54, 1.807) is 0 Å². The Labute approximate surface area is 116 Å². The zero-order chi connectivity index (χ0) is 13.2. The minimum atomic E-state index is 0.104. The molecule has 0 fully saturated rings. The van der Waals surface area contributed by atoms with Gasteiger partial charge in [-0.3, -0.25) is 0 Å². The maximum atomic E-state index is 10.0. The summed E-state index contributed by atoms with van der Waals surface area (Å²) in [5, 5.41) is 10.9. The van der Waals surface area contributed by atoms with Gasteiger partial charge in [-0.1, -0.05) is 60.2 Å². The van der Waals surface area contributed by atoms with Crippen LogP contribution in [0.4, 0.5) is 0 Å². The lowest BCUT2D eigenvalue weighted by molar-refractivity contribution is 0.459. The van der Waals surface area contributed by atoms with E-state index in [1.165, 1.54) is 16.9 Å². The van der Waals surface area contributed by atoms with Crippen LogP contribution in [-0.4, -0.2) is 10.1 Å². The molecule has 2 aromatic carbocycles. The van der Waals surface area contributed by atoms with Crippen LogP contribution in [0.2, 0.25) is 0 Å². The van der Waals surface area contributed by atoms with Crippen molar-refractivity contribution in [1.29, 1.82) is 0 Å². The van der Waals surface area contributed by atoms with Gasteiger partial charge in [0.05, 0.1) is 4.88 Å². The van der Waals surface area contributed by atoms with Gasteiger partial charge < -0.3 is 5.11 Å². The first kappa shape index (κ1) is 11.9. The van der Waals surface area contributed by atoms with Crippen molar-refractivity contribution >= 4 is 11.3 Å². The molecular weight excluding hydrogens is 254 g/mol. The monoisotopic (exact) mass is 267 g/mol. The molecule has 0 atom stereocenters. The second-order valence-electron chi connectivity index (χ2n) is 4.40. The highest BCUT2D eigenvalue weighted by Crippen LogP contribution is 2.38. The largest absolute Gasteiger partial charge is 0.492 e. The molecule has 3 rings (SSSR count). The van der Waals surface area contributed by atoms with Crippen LogP contribution in [0.15, 0.2) is 54.6 Å². The zero-order valence-corrected chi connectivity index (χ0v) is 11.3. The van der Waals surface area contributed by atoms with E-state index in [-0.39, 0.29) is 5.88 Å². The molecule has 0 saturated heterocycles. The Morgan fingerprint density at radius 2 is 1.58 bits per heavy atom. The highest BCUT2D eigenvalue weighted by atomic mass is 32.1. The summed E-state index contributed by atoms with van der Waals surface area (Å²) in [7, 11) is 0. The fraction of sp³-hybridized carbons (Fsp3) is 0.0625. The van der Waals surface area contributed by atoms with Crippen LogP contribution < -0.4 is 0 Å². The number of aromatic hydroxyl groups is 1. The molecule has 19 heavy (non-hydrogen) atoms. The number of benzene rings is 2. The maximum absolute atomic E-state index is 10.0. The van der Waals surface area contributed by atoms with E-state index in [9.17, 15) is 5.11 Å². The number of rotatable bonds is 2. The van der Waals surface area contributed by atoms with Crippen LogP contribution in [0.1, 0.15) is 5.56 Å². The molecule has 1 heterocycles. The fourth-order valence-corrected chi connectivity index (χ4v) is 2.88. The summed E-state index contributed by atoms with van der Waals surface area (Å²) in [6, 6.07) is 18.0. The highest BCUT2D eigenvalue weighted by molar-refractivity contribution is 7.18. The van der Waals surface area contributed by atoms with Gasteiger partial charge >= 0.3 is 0 Å². The van der Waals surface area contributed by atoms with E-state index in [2.05, 4.69) is 4.98 Å². The molecule has 0 bridgehead atoms. The van der Waals surface area contributed by atoms with Gasteiger partial charge in [0.25, 0.3) is 0 Å². The van der Waals surface area contributed by atoms with E-state index in [4.69, 9.17) is 0 Å². The highest BCUT2D eigenvalue weighted by Gasteiger charge is 2.13.